The third kappa shape index (κ3) is 4.55. The molecule has 0 aromatic heterocycles. The maximum absolute atomic E-state index is 13.3. The van der Waals surface area contributed by atoms with Gasteiger partial charge < -0.3 is 5.32 Å². The average Bonchev–Trinajstić information content (AvgIpc) is 2.60. The molecule has 3 rings (SSSR count). The van der Waals surface area contributed by atoms with Crippen molar-refractivity contribution in [2.75, 3.05) is 18.4 Å². The molecule has 25 heavy (non-hydrogen) atoms. The van der Waals surface area contributed by atoms with E-state index in [1.807, 2.05) is 24.3 Å². The Balaban J connectivity index is 1.61. The minimum absolute atomic E-state index is 0.171. The van der Waals surface area contributed by atoms with Crippen LogP contribution in [0.5, 0.6) is 0 Å². The van der Waals surface area contributed by atoms with Gasteiger partial charge >= 0.3 is 0 Å². The number of carbonyl (C=O) groups excluding carboxylic acids is 1. The highest BCUT2D eigenvalue weighted by atomic mass is 35.5. The van der Waals surface area contributed by atoms with E-state index in [-0.39, 0.29) is 17.5 Å². The first-order valence-corrected chi connectivity index (χ1v) is 8.62. The van der Waals surface area contributed by atoms with Crippen molar-refractivity contribution in [3.05, 3.63) is 64.7 Å². The molecule has 0 bridgehead atoms. The molecular formula is C19H19ClF2N2O. The van der Waals surface area contributed by atoms with Crippen LogP contribution in [0.3, 0.4) is 0 Å². The molecule has 1 N–H and O–H groups in total. The molecule has 2 aromatic rings. The Hall–Kier alpha value is -1.98. The fourth-order valence-electron chi connectivity index (χ4n) is 3.10. The van der Waals surface area contributed by atoms with Gasteiger partial charge in [-0.05, 0) is 43.1 Å². The Morgan fingerprint density at radius 1 is 1.20 bits per heavy atom. The summed E-state index contributed by atoms with van der Waals surface area (Å²) in [4.78, 5) is 14.6. The number of hydrogen-bond acceptors (Lipinski definition) is 2. The standard InChI is InChI=1S/C19H19ClF2N2O/c20-16-6-2-1-4-13(16)11-24-9-3-5-14(12-24)19(25)23-15-7-8-17(21)18(22)10-15/h1-2,4,6-8,10,14H,3,5,9,11-12H2,(H,23,25). The highest BCUT2D eigenvalue weighted by Gasteiger charge is 2.26. The number of nitrogens with one attached hydrogen (secondary N) is 1. The number of nitrogens with zero attached hydrogens (tertiary/aromatic N) is 1. The lowest BCUT2D eigenvalue weighted by Gasteiger charge is -2.32. The number of likely N-dealkylation sites (tertiary alicyclic amines) is 1. The predicted molar refractivity (Wildman–Crippen MR) is 94.4 cm³/mol. The van der Waals surface area contributed by atoms with Gasteiger partial charge in [0, 0.05) is 29.9 Å². The molecule has 1 aliphatic rings. The van der Waals surface area contributed by atoms with E-state index < -0.39 is 11.6 Å². The van der Waals surface area contributed by atoms with Crippen LogP contribution in [-0.4, -0.2) is 23.9 Å². The second-order valence-electron chi connectivity index (χ2n) is 6.28. The van der Waals surface area contributed by atoms with Gasteiger partial charge in [0.05, 0.1) is 5.92 Å². The number of carbonyl (C=O) groups is 1. The molecule has 1 aliphatic heterocycles. The summed E-state index contributed by atoms with van der Waals surface area (Å²) in [5.41, 5.74) is 1.30. The summed E-state index contributed by atoms with van der Waals surface area (Å²) in [6, 6.07) is 11.0. The highest BCUT2D eigenvalue weighted by molar-refractivity contribution is 6.31. The molecule has 3 nitrogen and oxygen atoms in total. The molecule has 0 saturated carbocycles. The molecule has 1 saturated heterocycles. The smallest absolute Gasteiger partial charge is 0.228 e. The van der Waals surface area contributed by atoms with Crippen LogP contribution in [0.4, 0.5) is 14.5 Å². The minimum Gasteiger partial charge on any atom is -0.326 e. The maximum Gasteiger partial charge on any atom is 0.228 e. The number of halogens is 3. The summed E-state index contributed by atoms with van der Waals surface area (Å²) in [6.07, 6.45) is 1.68. The third-order valence-corrected chi connectivity index (χ3v) is 4.78. The van der Waals surface area contributed by atoms with Crippen molar-refractivity contribution in [3.8, 4) is 0 Å². The van der Waals surface area contributed by atoms with Crippen LogP contribution >= 0.6 is 11.6 Å². The van der Waals surface area contributed by atoms with Crippen molar-refractivity contribution in [3.63, 3.8) is 0 Å². The van der Waals surface area contributed by atoms with Crippen molar-refractivity contribution >= 4 is 23.2 Å². The Bertz CT molecular complexity index is 769. The Kier molecular flexibility index (Phi) is 5.66. The van der Waals surface area contributed by atoms with Gasteiger partial charge in [0.15, 0.2) is 11.6 Å². The van der Waals surface area contributed by atoms with Crippen LogP contribution in [0, 0.1) is 17.6 Å². The fraction of sp³-hybridized carbons (Fsp3) is 0.316. The third-order valence-electron chi connectivity index (χ3n) is 4.42. The zero-order valence-corrected chi connectivity index (χ0v) is 14.4. The van der Waals surface area contributed by atoms with Crippen LogP contribution in [0.15, 0.2) is 42.5 Å². The maximum atomic E-state index is 13.3. The lowest BCUT2D eigenvalue weighted by Crippen LogP contribution is -2.40. The first kappa shape index (κ1) is 17.8. The lowest BCUT2D eigenvalue weighted by atomic mass is 9.96. The van der Waals surface area contributed by atoms with Gasteiger partial charge in [-0.15, -0.1) is 0 Å². The first-order chi connectivity index (χ1) is 12.0. The number of piperidine rings is 1. The quantitative estimate of drug-likeness (QED) is 0.868. The van der Waals surface area contributed by atoms with E-state index in [2.05, 4.69) is 10.2 Å². The molecule has 1 atom stereocenters. The average molecular weight is 365 g/mol. The van der Waals surface area contributed by atoms with E-state index in [4.69, 9.17) is 11.6 Å². The van der Waals surface area contributed by atoms with Gasteiger partial charge in [0.25, 0.3) is 0 Å². The van der Waals surface area contributed by atoms with Crippen molar-refractivity contribution in [2.45, 2.75) is 19.4 Å². The molecule has 1 heterocycles. The number of amides is 1. The van der Waals surface area contributed by atoms with Crippen molar-refractivity contribution < 1.29 is 13.6 Å². The topological polar surface area (TPSA) is 32.3 Å². The number of anilines is 1. The summed E-state index contributed by atoms with van der Waals surface area (Å²) < 4.78 is 26.2. The summed E-state index contributed by atoms with van der Waals surface area (Å²) in [6.45, 7) is 2.20. The lowest BCUT2D eigenvalue weighted by molar-refractivity contribution is -0.121. The van der Waals surface area contributed by atoms with Gasteiger partial charge in [0.1, 0.15) is 0 Å². The second-order valence-corrected chi connectivity index (χ2v) is 6.69. The predicted octanol–water partition coefficient (Wildman–Crippen LogP) is 4.47. The van der Waals surface area contributed by atoms with Crippen LogP contribution in [0.2, 0.25) is 5.02 Å². The van der Waals surface area contributed by atoms with Gasteiger partial charge in [-0.1, -0.05) is 29.8 Å². The Morgan fingerprint density at radius 2 is 2.00 bits per heavy atom. The molecule has 0 aliphatic carbocycles. The van der Waals surface area contributed by atoms with Crippen LogP contribution in [0.1, 0.15) is 18.4 Å². The minimum atomic E-state index is -0.971. The summed E-state index contributed by atoms with van der Waals surface area (Å²) in [5, 5.41) is 3.40. The molecule has 1 amide bonds. The van der Waals surface area contributed by atoms with Crippen LogP contribution < -0.4 is 5.32 Å². The molecule has 132 valence electrons. The molecule has 6 heteroatoms. The van der Waals surface area contributed by atoms with Gasteiger partial charge in [-0.3, -0.25) is 9.69 Å². The fourth-order valence-corrected chi connectivity index (χ4v) is 3.29. The van der Waals surface area contributed by atoms with E-state index >= 15 is 0 Å². The molecule has 1 fully saturated rings. The highest BCUT2D eigenvalue weighted by Crippen LogP contribution is 2.23. The van der Waals surface area contributed by atoms with E-state index in [9.17, 15) is 13.6 Å². The monoisotopic (exact) mass is 364 g/mol. The van der Waals surface area contributed by atoms with Crippen molar-refractivity contribution in [1.82, 2.24) is 4.90 Å². The van der Waals surface area contributed by atoms with Gasteiger partial charge in [-0.2, -0.15) is 0 Å². The van der Waals surface area contributed by atoms with Gasteiger partial charge in [0.2, 0.25) is 5.91 Å². The molecular weight excluding hydrogens is 346 g/mol. The van der Waals surface area contributed by atoms with E-state index in [0.29, 0.717) is 13.1 Å². The second kappa shape index (κ2) is 7.93. The van der Waals surface area contributed by atoms with Crippen LogP contribution in [-0.2, 0) is 11.3 Å². The van der Waals surface area contributed by atoms with E-state index in [0.717, 1.165) is 42.1 Å². The van der Waals surface area contributed by atoms with Gasteiger partial charge in [-0.25, -0.2) is 8.78 Å². The summed E-state index contributed by atoms with van der Waals surface area (Å²) >= 11 is 6.21. The molecule has 0 radical (unpaired) electrons. The number of hydrogen-bond donors (Lipinski definition) is 1. The SMILES string of the molecule is O=C(Nc1ccc(F)c(F)c1)C1CCCN(Cc2ccccc2Cl)C1. The zero-order chi connectivity index (χ0) is 17.8. The van der Waals surface area contributed by atoms with Crippen molar-refractivity contribution in [2.24, 2.45) is 5.92 Å². The van der Waals surface area contributed by atoms with Crippen molar-refractivity contribution in [1.29, 1.82) is 0 Å². The largest absolute Gasteiger partial charge is 0.326 e. The molecule has 1 unspecified atom stereocenters. The first-order valence-electron chi connectivity index (χ1n) is 8.24. The number of benzene rings is 2. The molecule has 2 aromatic carbocycles. The van der Waals surface area contributed by atoms with E-state index in [1.54, 1.807) is 0 Å². The van der Waals surface area contributed by atoms with Crippen LogP contribution in [0.25, 0.3) is 0 Å². The number of rotatable bonds is 4. The molecule has 0 spiro atoms. The summed E-state index contributed by atoms with van der Waals surface area (Å²) in [5.74, 6) is -2.26. The summed E-state index contributed by atoms with van der Waals surface area (Å²) in [7, 11) is 0. The normalized spacial score (nSPS) is 18.1. The van der Waals surface area contributed by atoms with E-state index in [1.165, 1.54) is 6.07 Å². The Labute approximate surface area is 150 Å². The zero-order valence-electron chi connectivity index (χ0n) is 13.6. The Morgan fingerprint density at radius 3 is 2.76 bits per heavy atom.